The van der Waals surface area contributed by atoms with Gasteiger partial charge in [-0.2, -0.15) is 26.3 Å². The molecule has 1 aromatic rings. The lowest BCUT2D eigenvalue weighted by Crippen LogP contribution is -2.53. The molecule has 0 fully saturated rings. The third-order valence-corrected chi connectivity index (χ3v) is 2.92. The molecule has 0 aromatic carbocycles. The van der Waals surface area contributed by atoms with E-state index >= 15 is 0 Å². The van der Waals surface area contributed by atoms with E-state index in [2.05, 4.69) is 4.98 Å². The highest BCUT2D eigenvalue weighted by molar-refractivity contribution is 4.94. The van der Waals surface area contributed by atoms with Crippen molar-refractivity contribution in [2.45, 2.75) is 31.2 Å². The van der Waals surface area contributed by atoms with Gasteiger partial charge in [0.25, 0.3) is 0 Å². The number of alkyl halides is 6. The summed E-state index contributed by atoms with van der Waals surface area (Å²) in [6.07, 6.45) is -8.38. The summed E-state index contributed by atoms with van der Waals surface area (Å²) >= 11 is 0. The average Bonchev–Trinajstić information content (AvgIpc) is 2.66. The zero-order chi connectivity index (χ0) is 15.6. The molecule has 0 saturated carbocycles. The van der Waals surface area contributed by atoms with Crippen molar-refractivity contribution in [2.24, 2.45) is 18.8 Å². The van der Waals surface area contributed by atoms with Gasteiger partial charge < -0.3 is 4.57 Å². The summed E-state index contributed by atoms with van der Waals surface area (Å²) in [5.74, 6) is 1.74. The second kappa shape index (κ2) is 6.00. The molecule has 116 valence electrons. The van der Waals surface area contributed by atoms with Crippen LogP contribution in [0.15, 0.2) is 12.4 Å². The van der Waals surface area contributed by atoms with Crippen LogP contribution in [-0.4, -0.2) is 27.9 Å². The number of halogens is 6. The Labute approximate surface area is 110 Å². The molecule has 0 saturated heterocycles. The van der Waals surface area contributed by atoms with Gasteiger partial charge in [0.05, 0.1) is 0 Å². The lowest BCUT2D eigenvalue weighted by Gasteiger charge is -2.30. The number of nitrogens with zero attached hydrogens (tertiary/aromatic N) is 2. The summed E-state index contributed by atoms with van der Waals surface area (Å²) in [6, 6.07) is -1.97. The van der Waals surface area contributed by atoms with Crippen LogP contribution in [0.5, 0.6) is 0 Å². The Bertz CT molecular complexity index is 410. The van der Waals surface area contributed by atoms with Gasteiger partial charge >= 0.3 is 12.4 Å². The first-order valence-electron chi connectivity index (χ1n) is 5.63. The molecule has 1 rings (SSSR count). The van der Waals surface area contributed by atoms with Crippen LogP contribution in [0.1, 0.15) is 12.2 Å². The Morgan fingerprint density at radius 3 is 2.15 bits per heavy atom. The van der Waals surface area contributed by atoms with Gasteiger partial charge in [0, 0.05) is 31.9 Å². The zero-order valence-electron chi connectivity index (χ0n) is 10.5. The van der Waals surface area contributed by atoms with Crippen molar-refractivity contribution in [1.82, 2.24) is 15.0 Å². The van der Waals surface area contributed by atoms with Crippen LogP contribution in [0, 0.1) is 5.92 Å². The van der Waals surface area contributed by atoms with Crippen LogP contribution < -0.4 is 11.3 Å². The molecule has 0 radical (unpaired) electrons. The number of nitrogens with one attached hydrogen (secondary N) is 1. The van der Waals surface area contributed by atoms with Gasteiger partial charge in [-0.15, -0.1) is 0 Å². The predicted molar refractivity (Wildman–Crippen MR) is 58.2 cm³/mol. The number of hydrogen-bond donors (Lipinski definition) is 2. The first-order valence-corrected chi connectivity index (χ1v) is 5.63. The first-order chi connectivity index (χ1) is 9.07. The van der Waals surface area contributed by atoms with Gasteiger partial charge in [-0.3, -0.25) is 11.3 Å². The van der Waals surface area contributed by atoms with Crippen LogP contribution in [0.4, 0.5) is 26.3 Å². The largest absolute Gasteiger partial charge is 0.402 e. The number of nitrogens with two attached hydrogens (primary N) is 1. The fourth-order valence-electron chi connectivity index (χ4n) is 1.91. The van der Waals surface area contributed by atoms with Crippen molar-refractivity contribution in [3.05, 3.63) is 18.2 Å². The van der Waals surface area contributed by atoms with Crippen LogP contribution in [0.2, 0.25) is 0 Å². The Morgan fingerprint density at radius 1 is 1.25 bits per heavy atom. The van der Waals surface area contributed by atoms with Gasteiger partial charge in [-0.05, 0) is 6.42 Å². The van der Waals surface area contributed by atoms with Crippen LogP contribution >= 0.6 is 0 Å². The highest BCUT2D eigenvalue weighted by Crippen LogP contribution is 2.42. The zero-order valence-corrected chi connectivity index (χ0v) is 10.5. The molecule has 10 heteroatoms. The number of rotatable bonds is 5. The maximum Gasteiger partial charge on any atom is 0.402 e. The van der Waals surface area contributed by atoms with E-state index in [0.717, 1.165) is 0 Å². The van der Waals surface area contributed by atoms with Crippen molar-refractivity contribution < 1.29 is 26.3 Å². The second-order valence-corrected chi connectivity index (χ2v) is 4.33. The lowest BCUT2D eigenvalue weighted by molar-refractivity contribution is -0.292. The SMILES string of the molecule is Cn1ccnc1CCC(NN)C(C(F)(F)F)C(F)(F)F. The normalized spacial score (nSPS) is 14.8. The third kappa shape index (κ3) is 4.10. The van der Waals surface area contributed by atoms with Gasteiger partial charge in [0.15, 0.2) is 5.92 Å². The highest BCUT2D eigenvalue weighted by Gasteiger charge is 2.59. The van der Waals surface area contributed by atoms with Crippen LogP contribution in [0.3, 0.4) is 0 Å². The molecule has 20 heavy (non-hydrogen) atoms. The van der Waals surface area contributed by atoms with Crippen LogP contribution in [0.25, 0.3) is 0 Å². The molecular formula is C10H14F6N4. The van der Waals surface area contributed by atoms with E-state index in [0.29, 0.717) is 5.82 Å². The average molecular weight is 304 g/mol. The summed E-state index contributed by atoms with van der Waals surface area (Å²) in [5, 5.41) is 0. The van der Waals surface area contributed by atoms with Crippen molar-refractivity contribution in [1.29, 1.82) is 0 Å². The Morgan fingerprint density at radius 2 is 1.80 bits per heavy atom. The Balaban J connectivity index is 2.84. The topological polar surface area (TPSA) is 55.9 Å². The minimum atomic E-state index is -5.42. The summed E-state index contributed by atoms with van der Waals surface area (Å²) in [7, 11) is 1.60. The molecule has 0 aliphatic heterocycles. The molecular weight excluding hydrogens is 290 g/mol. The van der Waals surface area contributed by atoms with E-state index in [4.69, 9.17) is 5.84 Å². The predicted octanol–water partition coefficient (Wildman–Crippen LogP) is 1.93. The molecule has 0 amide bonds. The molecule has 1 heterocycles. The number of aromatic nitrogens is 2. The number of hydrogen-bond acceptors (Lipinski definition) is 3. The first kappa shape index (κ1) is 16.8. The minimum absolute atomic E-state index is 0.0545. The Kier molecular flexibility index (Phi) is 5.03. The summed E-state index contributed by atoms with van der Waals surface area (Å²) in [6.45, 7) is 0. The summed E-state index contributed by atoms with van der Waals surface area (Å²) < 4.78 is 76.9. The standard InChI is InChI=1S/C10H14F6N4/c1-20-5-4-18-7(20)3-2-6(19-17)8(9(11,12)13)10(14,15)16/h4-6,8,19H,2-3,17H2,1H3. The molecule has 4 nitrogen and oxygen atoms in total. The fraction of sp³-hybridized carbons (Fsp3) is 0.700. The maximum absolute atomic E-state index is 12.6. The monoisotopic (exact) mass is 304 g/mol. The third-order valence-electron chi connectivity index (χ3n) is 2.92. The lowest BCUT2D eigenvalue weighted by atomic mass is 9.94. The number of imidazole rings is 1. The van der Waals surface area contributed by atoms with E-state index in [9.17, 15) is 26.3 Å². The van der Waals surface area contributed by atoms with Gasteiger partial charge in [0.1, 0.15) is 5.82 Å². The number of aryl methyl sites for hydroxylation is 2. The maximum atomic E-state index is 12.6. The minimum Gasteiger partial charge on any atom is -0.338 e. The molecule has 0 aliphatic rings. The van der Waals surface area contributed by atoms with Crippen molar-refractivity contribution >= 4 is 0 Å². The van der Waals surface area contributed by atoms with Gasteiger partial charge in [-0.1, -0.05) is 0 Å². The van der Waals surface area contributed by atoms with Gasteiger partial charge in [0.2, 0.25) is 0 Å². The molecule has 3 N–H and O–H groups in total. The Hall–Kier alpha value is -1.29. The summed E-state index contributed by atoms with van der Waals surface area (Å²) in [4.78, 5) is 3.84. The van der Waals surface area contributed by atoms with E-state index in [1.54, 1.807) is 18.7 Å². The molecule has 0 bridgehead atoms. The molecule has 1 atom stereocenters. The van der Waals surface area contributed by atoms with E-state index in [1.807, 2.05) is 0 Å². The van der Waals surface area contributed by atoms with E-state index in [1.165, 1.54) is 10.8 Å². The van der Waals surface area contributed by atoms with E-state index < -0.39 is 30.7 Å². The number of hydrazine groups is 1. The van der Waals surface area contributed by atoms with Crippen molar-refractivity contribution in [2.75, 3.05) is 0 Å². The molecule has 1 unspecified atom stereocenters. The van der Waals surface area contributed by atoms with Crippen molar-refractivity contribution in [3.8, 4) is 0 Å². The molecule has 1 aromatic heterocycles. The van der Waals surface area contributed by atoms with Gasteiger partial charge in [-0.25, -0.2) is 4.98 Å². The molecule has 0 spiro atoms. The van der Waals surface area contributed by atoms with Crippen molar-refractivity contribution in [3.63, 3.8) is 0 Å². The quantitative estimate of drug-likeness (QED) is 0.496. The smallest absolute Gasteiger partial charge is 0.338 e. The second-order valence-electron chi connectivity index (χ2n) is 4.33. The fourth-order valence-corrected chi connectivity index (χ4v) is 1.91. The van der Waals surface area contributed by atoms with Crippen LogP contribution in [-0.2, 0) is 13.5 Å². The van der Waals surface area contributed by atoms with E-state index in [-0.39, 0.29) is 6.42 Å². The highest BCUT2D eigenvalue weighted by atomic mass is 19.4. The summed E-state index contributed by atoms with van der Waals surface area (Å²) in [5.41, 5.74) is 1.62. The molecule has 0 aliphatic carbocycles.